The van der Waals surface area contributed by atoms with Crippen LogP contribution in [0.3, 0.4) is 0 Å². The van der Waals surface area contributed by atoms with Gasteiger partial charge in [-0.05, 0) is 25.7 Å². The standard InChI is InChI=1S/C8H16.C4H6O4.Al.ClH/c1-3-5-7-8-6-4-2;5-3(6)1-2-4(7)8;;/h3H,1,4-8H2,2H3;1-2H2,(H,5,6)(H,7,8);;1H/q;;+3;/p-3. The van der Waals surface area contributed by atoms with Crippen molar-refractivity contribution in [3.63, 3.8) is 0 Å². The quantitative estimate of drug-likeness (QED) is 0.272. The fraction of sp³-hybridized carbons (Fsp3) is 0.667. The van der Waals surface area contributed by atoms with E-state index >= 15 is 0 Å². The van der Waals surface area contributed by atoms with Crippen molar-refractivity contribution in [1.29, 1.82) is 0 Å². The number of carbonyl (C=O) groups excluding carboxylic acids is 2. The summed E-state index contributed by atoms with van der Waals surface area (Å²) in [7, 11) is 0. The summed E-state index contributed by atoms with van der Waals surface area (Å²) >= 11 is 0. The van der Waals surface area contributed by atoms with Crippen LogP contribution in [-0.4, -0.2) is 29.3 Å². The molecule has 0 saturated heterocycles. The number of carbonyl (C=O) groups is 2. The summed E-state index contributed by atoms with van der Waals surface area (Å²) in [6.45, 7) is 5.89. The molecule has 0 atom stereocenters. The summed E-state index contributed by atoms with van der Waals surface area (Å²) in [6.07, 6.45) is 7.67. The van der Waals surface area contributed by atoms with Crippen LogP contribution in [0, 0.1) is 0 Å². The molecule has 0 aliphatic rings. The second kappa shape index (κ2) is 21.8. The minimum absolute atomic E-state index is 0. The van der Waals surface area contributed by atoms with Gasteiger partial charge in [-0.15, -0.1) is 6.58 Å². The van der Waals surface area contributed by atoms with Crippen LogP contribution in [0.4, 0.5) is 0 Å². The Balaban J connectivity index is -0.0000000980. The maximum Gasteiger partial charge on any atom is 3.00 e. The van der Waals surface area contributed by atoms with E-state index in [-0.39, 0.29) is 29.8 Å². The summed E-state index contributed by atoms with van der Waals surface area (Å²) in [4.78, 5) is 19.0. The van der Waals surface area contributed by atoms with E-state index < -0.39 is 24.8 Å². The van der Waals surface area contributed by atoms with Crippen LogP contribution in [0.25, 0.3) is 0 Å². The third kappa shape index (κ3) is 36.1. The molecule has 0 heterocycles. The smallest absolute Gasteiger partial charge is 1.00 e. The van der Waals surface area contributed by atoms with Crippen molar-refractivity contribution in [2.45, 2.75) is 51.9 Å². The number of halogens is 1. The molecule has 0 aromatic carbocycles. The van der Waals surface area contributed by atoms with Gasteiger partial charge in [0.15, 0.2) is 0 Å². The predicted octanol–water partition coefficient (Wildman–Crippen LogP) is -2.97. The number of allylic oxidation sites excluding steroid dienone is 1. The first-order chi connectivity index (χ1) is 7.54. The molecule has 0 radical (unpaired) electrons. The van der Waals surface area contributed by atoms with E-state index in [9.17, 15) is 19.8 Å². The van der Waals surface area contributed by atoms with Crippen LogP contribution in [0.15, 0.2) is 12.7 Å². The van der Waals surface area contributed by atoms with Gasteiger partial charge in [0, 0.05) is 11.9 Å². The van der Waals surface area contributed by atoms with Crippen molar-refractivity contribution in [2.24, 2.45) is 0 Å². The van der Waals surface area contributed by atoms with Crippen LogP contribution >= 0.6 is 0 Å². The van der Waals surface area contributed by atoms with E-state index in [2.05, 4.69) is 13.5 Å². The summed E-state index contributed by atoms with van der Waals surface area (Å²) < 4.78 is 0. The molecule has 0 N–H and O–H groups in total. The molecule has 0 bridgehead atoms. The third-order valence-electron chi connectivity index (χ3n) is 1.80. The molecule has 0 unspecified atom stereocenters. The van der Waals surface area contributed by atoms with Gasteiger partial charge in [-0.3, -0.25) is 0 Å². The molecule has 6 heteroatoms. The van der Waals surface area contributed by atoms with Gasteiger partial charge in [-0.2, -0.15) is 0 Å². The van der Waals surface area contributed by atoms with Gasteiger partial charge in [-0.25, -0.2) is 0 Å². The molecule has 0 saturated carbocycles. The second-order valence-corrected chi connectivity index (χ2v) is 3.38. The van der Waals surface area contributed by atoms with Crippen LogP contribution in [0.1, 0.15) is 51.9 Å². The van der Waals surface area contributed by atoms with Crippen molar-refractivity contribution in [2.75, 3.05) is 0 Å². The minimum Gasteiger partial charge on any atom is -1.00 e. The summed E-state index contributed by atoms with van der Waals surface area (Å²) in [5, 5.41) is 19.0. The normalized spacial score (nSPS) is 7.83. The van der Waals surface area contributed by atoms with Gasteiger partial charge in [0.05, 0.1) is 0 Å². The number of hydrogen-bond donors (Lipinski definition) is 0. The van der Waals surface area contributed by atoms with Crippen molar-refractivity contribution >= 4 is 29.3 Å². The molecule has 0 aromatic heterocycles. The topological polar surface area (TPSA) is 80.3 Å². The zero-order chi connectivity index (χ0) is 12.8. The van der Waals surface area contributed by atoms with Crippen LogP contribution in [0.5, 0.6) is 0 Å². The molecule has 0 aliphatic heterocycles. The van der Waals surface area contributed by atoms with Crippen molar-refractivity contribution in [1.82, 2.24) is 0 Å². The van der Waals surface area contributed by atoms with E-state index in [4.69, 9.17) is 0 Å². The van der Waals surface area contributed by atoms with Crippen LogP contribution in [-0.2, 0) is 9.59 Å². The number of unbranched alkanes of at least 4 members (excludes halogenated alkanes) is 4. The van der Waals surface area contributed by atoms with Gasteiger partial charge in [0.25, 0.3) is 0 Å². The van der Waals surface area contributed by atoms with E-state index in [1.165, 1.54) is 32.1 Å². The maximum atomic E-state index is 9.50. The molecule has 4 nitrogen and oxygen atoms in total. The minimum atomic E-state index is -1.37. The Morgan fingerprint density at radius 2 is 1.50 bits per heavy atom. The van der Waals surface area contributed by atoms with Crippen molar-refractivity contribution in [3.8, 4) is 0 Å². The average Bonchev–Trinajstić information content (AvgIpc) is 2.23. The Morgan fingerprint density at radius 3 is 1.78 bits per heavy atom. The molecule has 0 amide bonds. The van der Waals surface area contributed by atoms with Crippen molar-refractivity contribution in [3.05, 3.63) is 12.7 Å². The second-order valence-electron chi connectivity index (χ2n) is 3.38. The zero-order valence-electron chi connectivity index (χ0n) is 10.8. The molecule has 0 aliphatic carbocycles. The molecule has 0 aromatic rings. The largest absolute Gasteiger partial charge is 3.00 e. The SMILES string of the molecule is C=CCCCCCC.O=C([O-])CCC(=O)[O-].[Al+3].[Cl-]. The Bertz CT molecular complexity index is 196. The van der Waals surface area contributed by atoms with Gasteiger partial charge < -0.3 is 32.2 Å². The number of carboxylic acids is 2. The van der Waals surface area contributed by atoms with Crippen LogP contribution < -0.4 is 22.6 Å². The monoisotopic (exact) mass is 290 g/mol. The number of hydrogen-bond acceptors (Lipinski definition) is 4. The molecular formula is C12H20AlClO4. The first kappa shape index (κ1) is 26.1. The zero-order valence-corrected chi connectivity index (χ0v) is 12.7. The number of aliphatic carboxylic acids is 2. The van der Waals surface area contributed by atoms with Gasteiger partial charge in [0.2, 0.25) is 0 Å². The first-order valence-corrected chi connectivity index (χ1v) is 5.55. The van der Waals surface area contributed by atoms with Gasteiger partial charge >= 0.3 is 17.4 Å². The van der Waals surface area contributed by atoms with E-state index in [0.717, 1.165) is 0 Å². The molecule has 0 rings (SSSR count). The predicted molar refractivity (Wildman–Crippen MR) is 64.0 cm³/mol. The number of carboxylic acid groups (broad SMARTS) is 2. The van der Waals surface area contributed by atoms with E-state index in [0.29, 0.717) is 0 Å². The Morgan fingerprint density at radius 1 is 1.06 bits per heavy atom. The van der Waals surface area contributed by atoms with Gasteiger partial charge in [-0.1, -0.05) is 32.3 Å². The fourth-order valence-corrected chi connectivity index (χ4v) is 0.920. The Kier molecular flexibility index (Phi) is 31.6. The first-order valence-electron chi connectivity index (χ1n) is 5.55. The summed E-state index contributed by atoms with van der Waals surface area (Å²) in [5.74, 6) is -2.73. The molecule has 102 valence electrons. The summed E-state index contributed by atoms with van der Waals surface area (Å²) in [6, 6.07) is 0. The molecular weight excluding hydrogens is 271 g/mol. The van der Waals surface area contributed by atoms with E-state index in [1.807, 2.05) is 6.08 Å². The van der Waals surface area contributed by atoms with E-state index in [1.54, 1.807) is 0 Å². The maximum absolute atomic E-state index is 9.50. The fourth-order valence-electron chi connectivity index (χ4n) is 0.920. The Hall–Kier alpha value is -0.498. The molecule has 0 spiro atoms. The van der Waals surface area contributed by atoms with Crippen LogP contribution in [0.2, 0.25) is 0 Å². The molecule has 0 fully saturated rings. The Labute approximate surface area is 126 Å². The van der Waals surface area contributed by atoms with Gasteiger partial charge in [0.1, 0.15) is 0 Å². The number of rotatable bonds is 8. The van der Waals surface area contributed by atoms with Crippen molar-refractivity contribution < 1.29 is 32.2 Å². The average molecular weight is 291 g/mol. The molecule has 18 heavy (non-hydrogen) atoms. The summed E-state index contributed by atoms with van der Waals surface area (Å²) in [5.41, 5.74) is 0. The third-order valence-corrected chi connectivity index (χ3v) is 1.80.